The molecule has 2 saturated heterocycles. The highest BCUT2D eigenvalue weighted by atomic mass is 16.7. The number of esters is 3. The summed E-state index contributed by atoms with van der Waals surface area (Å²) in [7, 11) is 0. The van der Waals surface area contributed by atoms with Gasteiger partial charge in [0.2, 0.25) is 0 Å². The number of hydrogen-bond acceptors (Lipinski definition) is 10. The van der Waals surface area contributed by atoms with Gasteiger partial charge in [-0.3, -0.25) is 0 Å². The van der Waals surface area contributed by atoms with E-state index in [0.29, 0.717) is 6.42 Å². The Hall–Kier alpha value is -2.27. The Kier molecular flexibility index (Phi) is 9.19. The molecule has 33 heavy (non-hydrogen) atoms. The van der Waals surface area contributed by atoms with Gasteiger partial charge in [0.1, 0.15) is 12.2 Å². The van der Waals surface area contributed by atoms with Gasteiger partial charge in [-0.2, -0.15) is 0 Å². The Balaban J connectivity index is 2.37. The molecule has 2 heterocycles. The van der Waals surface area contributed by atoms with Crippen LogP contribution in [0, 0.1) is 5.41 Å². The molecule has 186 valence electrons. The summed E-state index contributed by atoms with van der Waals surface area (Å²) in [6.07, 6.45) is -4.46. The molecule has 0 unspecified atom stereocenters. The van der Waals surface area contributed by atoms with E-state index in [4.69, 9.17) is 23.7 Å². The lowest BCUT2D eigenvalue weighted by Gasteiger charge is -2.44. The molecule has 0 spiro atoms. The standard InChI is InChI=1S/C23H34O10/c1-7-12(4)19(26)31-16-14(10-24)30-22(15(25)17(16)32-20(27)13(5)8-2)33-18-21(28)29-11-23(18,6)9-3/h7-8,14-18,22,24-25H,9-11H2,1-6H3/b12-7-,13-8-/t14-,15+,16-,17-,18-,22+,23+/m1/s1. The van der Waals surface area contributed by atoms with Crippen molar-refractivity contribution in [1.29, 1.82) is 0 Å². The third-order valence-electron chi connectivity index (χ3n) is 6.26. The molecule has 2 rings (SSSR count). The first-order valence-corrected chi connectivity index (χ1v) is 11.0. The van der Waals surface area contributed by atoms with Crippen molar-refractivity contribution in [2.24, 2.45) is 5.41 Å². The number of hydrogen-bond donors (Lipinski definition) is 2. The van der Waals surface area contributed by atoms with E-state index < -0.39 is 66.7 Å². The molecule has 0 saturated carbocycles. The largest absolute Gasteiger partial charge is 0.463 e. The van der Waals surface area contributed by atoms with Crippen molar-refractivity contribution in [2.75, 3.05) is 13.2 Å². The van der Waals surface area contributed by atoms with Crippen molar-refractivity contribution in [3.05, 3.63) is 23.3 Å². The number of aliphatic hydroxyl groups is 2. The number of aliphatic hydroxyl groups excluding tert-OH is 2. The Morgan fingerprint density at radius 1 is 1.12 bits per heavy atom. The van der Waals surface area contributed by atoms with Crippen molar-refractivity contribution < 1.29 is 48.3 Å². The molecule has 2 N–H and O–H groups in total. The first-order valence-electron chi connectivity index (χ1n) is 11.0. The van der Waals surface area contributed by atoms with Crippen molar-refractivity contribution >= 4 is 17.9 Å². The lowest BCUT2D eigenvalue weighted by atomic mass is 9.84. The third kappa shape index (κ3) is 5.81. The van der Waals surface area contributed by atoms with E-state index in [9.17, 15) is 24.6 Å². The monoisotopic (exact) mass is 470 g/mol. The van der Waals surface area contributed by atoms with Gasteiger partial charge in [0.25, 0.3) is 0 Å². The molecule has 2 aliphatic heterocycles. The van der Waals surface area contributed by atoms with Crippen LogP contribution in [0.3, 0.4) is 0 Å². The molecule has 0 radical (unpaired) electrons. The fourth-order valence-corrected chi connectivity index (χ4v) is 3.41. The van der Waals surface area contributed by atoms with E-state index in [0.717, 1.165) is 0 Å². The molecule has 10 heteroatoms. The second-order valence-electron chi connectivity index (χ2n) is 8.53. The molecule has 0 bridgehead atoms. The maximum atomic E-state index is 12.5. The summed E-state index contributed by atoms with van der Waals surface area (Å²) in [6.45, 7) is 9.53. The van der Waals surface area contributed by atoms with Gasteiger partial charge in [0.15, 0.2) is 24.6 Å². The van der Waals surface area contributed by atoms with Crippen molar-refractivity contribution in [2.45, 2.75) is 84.8 Å². The van der Waals surface area contributed by atoms with Crippen LogP contribution in [0.5, 0.6) is 0 Å². The molecular weight excluding hydrogens is 436 g/mol. The van der Waals surface area contributed by atoms with Crippen LogP contribution in [0.4, 0.5) is 0 Å². The van der Waals surface area contributed by atoms with Crippen molar-refractivity contribution in [3.8, 4) is 0 Å². The van der Waals surface area contributed by atoms with Crippen LogP contribution < -0.4 is 0 Å². The fraction of sp³-hybridized carbons (Fsp3) is 0.696. The summed E-state index contributed by atoms with van der Waals surface area (Å²) in [5.74, 6) is -2.08. The van der Waals surface area contributed by atoms with Crippen LogP contribution in [0.25, 0.3) is 0 Å². The van der Waals surface area contributed by atoms with E-state index in [1.54, 1.807) is 20.8 Å². The topological polar surface area (TPSA) is 138 Å². The Labute approximate surface area is 193 Å². The first-order chi connectivity index (χ1) is 15.5. The number of allylic oxidation sites excluding steroid dienone is 2. The molecule has 0 aromatic carbocycles. The van der Waals surface area contributed by atoms with E-state index in [-0.39, 0.29) is 17.8 Å². The van der Waals surface area contributed by atoms with Gasteiger partial charge in [0.05, 0.1) is 13.2 Å². The lowest BCUT2D eigenvalue weighted by molar-refractivity contribution is -0.316. The highest BCUT2D eigenvalue weighted by Crippen LogP contribution is 2.38. The van der Waals surface area contributed by atoms with Gasteiger partial charge in [-0.05, 0) is 34.1 Å². The molecule has 2 fully saturated rings. The van der Waals surface area contributed by atoms with Gasteiger partial charge >= 0.3 is 17.9 Å². The molecule has 0 amide bonds. The fourth-order valence-electron chi connectivity index (χ4n) is 3.41. The normalized spacial score (nSPS) is 35.2. The Bertz CT molecular complexity index is 803. The molecule has 0 aromatic rings. The minimum atomic E-state index is -1.63. The molecular formula is C23H34O10. The summed E-state index contributed by atoms with van der Waals surface area (Å²) >= 11 is 0. The van der Waals surface area contributed by atoms with Crippen LogP contribution in [0.2, 0.25) is 0 Å². The Morgan fingerprint density at radius 3 is 2.15 bits per heavy atom. The van der Waals surface area contributed by atoms with Gasteiger partial charge in [-0.25, -0.2) is 14.4 Å². The minimum Gasteiger partial charge on any atom is -0.463 e. The third-order valence-corrected chi connectivity index (χ3v) is 6.26. The second kappa shape index (κ2) is 11.2. The molecule has 2 aliphatic rings. The van der Waals surface area contributed by atoms with E-state index in [2.05, 4.69) is 0 Å². The number of ether oxygens (including phenoxy) is 5. The van der Waals surface area contributed by atoms with E-state index in [1.165, 1.54) is 26.0 Å². The second-order valence-corrected chi connectivity index (χ2v) is 8.53. The molecule has 7 atom stereocenters. The zero-order valence-corrected chi connectivity index (χ0v) is 19.9. The summed E-state index contributed by atoms with van der Waals surface area (Å²) < 4.78 is 27.6. The number of carbonyl (C=O) groups excluding carboxylic acids is 3. The smallest absolute Gasteiger partial charge is 0.336 e. The minimum absolute atomic E-state index is 0.140. The summed E-state index contributed by atoms with van der Waals surface area (Å²) in [5.41, 5.74) is -0.115. The SMILES string of the molecule is C/C=C(/C)C(=O)O[C@@H]1[C@H](O)[C@H](O[C@@H]2C(=O)OC[C@]2(C)CC)O[C@H](CO)[C@H]1OC(=O)/C(C)=C\C. The highest BCUT2D eigenvalue weighted by molar-refractivity contribution is 5.88. The quantitative estimate of drug-likeness (QED) is 0.302. The molecule has 10 nitrogen and oxygen atoms in total. The zero-order chi connectivity index (χ0) is 24.9. The van der Waals surface area contributed by atoms with Crippen LogP contribution in [0.1, 0.15) is 48.0 Å². The number of rotatable bonds is 8. The van der Waals surface area contributed by atoms with Crippen LogP contribution >= 0.6 is 0 Å². The maximum absolute atomic E-state index is 12.5. The Morgan fingerprint density at radius 2 is 1.67 bits per heavy atom. The number of cyclic esters (lactones) is 1. The average molecular weight is 471 g/mol. The predicted octanol–water partition coefficient (Wildman–Crippen LogP) is 1.18. The maximum Gasteiger partial charge on any atom is 0.336 e. The van der Waals surface area contributed by atoms with Crippen LogP contribution in [0.15, 0.2) is 23.3 Å². The van der Waals surface area contributed by atoms with E-state index >= 15 is 0 Å². The van der Waals surface area contributed by atoms with Gasteiger partial charge < -0.3 is 33.9 Å². The van der Waals surface area contributed by atoms with Crippen LogP contribution in [-0.4, -0.2) is 78.1 Å². The highest BCUT2D eigenvalue weighted by Gasteiger charge is 2.54. The van der Waals surface area contributed by atoms with Crippen molar-refractivity contribution in [3.63, 3.8) is 0 Å². The predicted molar refractivity (Wildman–Crippen MR) is 115 cm³/mol. The first kappa shape index (κ1) is 27.0. The zero-order valence-electron chi connectivity index (χ0n) is 19.9. The summed E-state index contributed by atoms with van der Waals surface area (Å²) in [4.78, 5) is 37.2. The van der Waals surface area contributed by atoms with Gasteiger partial charge in [-0.1, -0.05) is 26.0 Å². The van der Waals surface area contributed by atoms with E-state index in [1.807, 2.05) is 6.92 Å². The summed E-state index contributed by atoms with van der Waals surface area (Å²) in [6, 6.07) is 0. The molecule has 0 aromatic heterocycles. The lowest BCUT2D eigenvalue weighted by Crippen LogP contribution is -2.62. The van der Waals surface area contributed by atoms with Gasteiger partial charge in [0, 0.05) is 16.6 Å². The molecule has 0 aliphatic carbocycles. The van der Waals surface area contributed by atoms with Gasteiger partial charge in [-0.15, -0.1) is 0 Å². The summed E-state index contributed by atoms with van der Waals surface area (Å²) in [5, 5.41) is 21.0. The average Bonchev–Trinajstić information content (AvgIpc) is 3.10. The van der Waals surface area contributed by atoms with Crippen LogP contribution in [-0.2, 0) is 38.1 Å². The van der Waals surface area contributed by atoms with Crippen molar-refractivity contribution in [1.82, 2.24) is 0 Å². The number of carbonyl (C=O) groups is 3.